The van der Waals surface area contributed by atoms with Crippen LogP contribution in [0.1, 0.15) is 51.7 Å². The van der Waals surface area contributed by atoms with Gasteiger partial charge in [-0.25, -0.2) is 4.98 Å². The van der Waals surface area contributed by atoms with Crippen LogP contribution in [0.15, 0.2) is 35.3 Å². The average Bonchev–Trinajstić information content (AvgIpc) is 3.27. The Morgan fingerprint density at radius 2 is 1.98 bits per heavy atom. The number of aryl methyl sites for hydroxylation is 2. The molecular formula is C31H43N5O5. The minimum atomic E-state index is -0.918. The summed E-state index contributed by atoms with van der Waals surface area (Å²) >= 11 is 0. The normalized spacial score (nSPS) is 17.2. The Hall–Kier alpha value is -3.50. The summed E-state index contributed by atoms with van der Waals surface area (Å²) in [6.45, 7) is 11.7. The van der Waals surface area contributed by atoms with Crippen molar-refractivity contribution in [3.05, 3.63) is 51.9 Å². The standard InChI is InChI=1S/C31H43N5O5/c1-19(2)18-41-31(40)28(21(4)37)32-14-23-9-10-26-27(13-23)36(16-24-8-7-11-35(15-24)22(5)38)29(33-26)25-12-20(3)30(39)34(6)17-25/h9-10,12-13,17,19,21,24,28,32,37H,7-8,11,14-16,18H2,1-6H3/t21?,24-,28?/m0/s1. The Morgan fingerprint density at radius 3 is 2.63 bits per heavy atom. The smallest absolute Gasteiger partial charge is 0.325 e. The van der Waals surface area contributed by atoms with Crippen molar-refractivity contribution in [3.63, 3.8) is 0 Å². The molecule has 222 valence electrons. The molecule has 4 rings (SSSR count). The van der Waals surface area contributed by atoms with E-state index in [0.717, 1.165) is 47.4 Å². The van der Waals surface area contributed by atoms with Gasteiger partial charge in [-0.3, -0.25) is 19.7 Å². The van der Waals surface area contributed by atoms with Gasteiger partial charge >= 0.3 is 5.97 Å². The fraction of sp³-hybridized carbons (Fsp3) is 0.548. The number of piperidine rings is 1. The van der Waals surface area contributed by atoms with Gasteiger partial charge in [-0.15, -0.1) is 0 Å². The number of amides is 1. The van der Waals surface area contributed by atoms with Gasteiger partial charge in [-0.1, -0.05) is 19.9 Å². The number of aromatic nitrogens is 3. The van der Waals surface area contributed by atoms with Crippen LogP contribution in [0.4, 0.5) is 0 Å². The lowest BCUT2D eigenvalue weighted by molar-refractivity contribution is -0.150. The van der Waals surface area contributed by atoms with Crippen LogP contribution in [-0.2, 0) is 34.5 Å². The Balaban J connectivity index is 1.68. The molecule has 3 atom stereocenters. The lowest BCUT2D eigenvalue weighted by Gasteiger charge is -2.32. The molecule has 1 aliphatic heterocycles. The fourth-order valence-corrected chi connectivity index (χ4v) is 5.46. The summed E-state index contributed by atoms with van der Waals surface area (Å²) in [6, 6.07) is 6.99. The van der Waals surface area contributed by atoms with Gasteiger partial charge in [-0.05, 0) is 62.3 Å². The summed E-state index contributed by atoms with van der Waals surface area (Å²) in [6.07, 6.45) is 2.85. The molecule has 0 saturated carbocycles. The maximum atomic E-state index is 12.6. The van der Waals surface area contributed by atoms with Gasteiger partial charge < -0.3 is 23.9 Å². The molecule has 0 aliphatic carbocycles. The van der Waals surface area contributed by atoms with Crippen molar-refractivity contribution in [2.45, 2.75) is 72.7 Å². The van der Waals surface area contributed by atoms with Crippen LogP contribution in [0.5, 0.6) is 0 Å². The van der Waals surface area contributed by atoms with E-state index in [1.54, 1.807) is 32.4 Å². The summed E-state index contributed by atoms with van der Waals surface area (Å²) < 4.78 is 9.14. The van der Waals surface area contributed by atoms with Crippen molar-refractivity contribution < 1.29 is 19.4 Å². The number of aliphatic hydroxyl groups excluding tert-OH is 1. The number of hydrogen-bond acceptors (Lipinski definition) is 7. The second-order valence-electron chi connectivity index (χ2n) is 11.8. The number of hydrogen-bond donors (Lipinski definition) is 2. The summed E-state index contributed by atoms with van der Waals surface area (Å²) in [5.41, 5.74) is 4.12. The van der Waals surface area contributed by atoms with Crippen LogP contribution in [0.3, 0.4) is 0 Å². The molecule has 0 spiro atoms. The van der Waals surface area contributed by atoms with E-state index in [1.807, 2.05) is 43.1 Å². The highest BCUT2D eigenvalue weighted by Crippen LogP contribution is 2.29. The van der Waals surface area contributed by atoms with Gasteiger partial charge in [0.2, 0.25) is 5.91 Å². The molecule has 1 aromatic carbocycles. The predicted molar refractivity (Wildman–Crippen MR) is 158 cm³/mol. The van der Waals surface area contributed by atoms with Gasteiger partial charge in [0.05, 0.1) is 23.7 Å². The molecule has 1 saturated heterocycles. The summed E-state index contributed by atoms with van der Waals surface area (Å²) in [5, 5.41) is 13.4. The largest absolute Gasteiger partial charge is 0.464 e. The zero-order chi connectivity index (χ0) is 29.8. The first-order chi connectivity index (χ1) is 19.4. The third kappa shape index (κ3) is 7.23. The molecule has 10 heteroatoms. The number of carbonyl (C=O) groups excluding carboxylic acids is 2. The molecule has 1 aliphatic rings. The number of carbonyl (C=O) groups is 2. The van der Waals surface area contributed by atoms with Crippen molar-refractivity contribution >= 4 is 22.9 Å². The van der Waals surface area contributed by atoms with Crippen LogP contribution in [0.25, 0.3) is 22.4 Å². The van der Waals surface area contributed by atoms with Crippen LogP contribution in [0.2, 0.25) is 0 Å². The number of rotatable bonds is 10. The van der Waals surface area contributed by atoms with E-state index in [0.29, 0.717) is 31.8 Å². The van der Waals surface area contributed by atoms with Crippen molar-refractivity contribution in [2.75, 3.05) is 19.7 Å². The topological polar surface area (TPSA) is 119 Å². The van der Waals surface area contributed by atoms with Crippen molar-refractivity contribution in [2.24, 2.45) is 18.9 Å². The Bertz CT molecular complexity index is 1430. The number of aliphatic hydroxyl groups is 1. The van der Waals surface area contributed by atoms with E-state index in [9.17, 15) is 19.5 Å². The molecule has 3 aromatic rings. The molecule has 2 N–H and O–H groups in total. The number of fused-ring (bicyclic) bond motifs is 1. The summed E-state index contributed by atoms with van der Waals surface area (Å²) in [5.74, 6) is 0.844. The second kappa shape index (κ2) is 13.0. The third-order valence-corrected chi connectivity index (χ3v) is 7.66. The van der Waals surface area contributed by atoms with Gasteiger partial charge in [0.25, 0.3) is 5.56 Å². The number of imidazole rings is 1. The summed E-state index contributed by atoms with van der Waals surface area (Å²) in [4.78, 5) is 44.0. The highest BCUT2D eigenvalue weighted by molar-refractivity contribution is 5.81. The second-order valence-corrected chi connectivity index (χ2v) is 11.8. The number of nitrogens with one attached hydrogen (secondary N) is 1. The molecule has 41 heavy (non-hydrogen) atoms. The molecule has 10 nitrogen and oxygen atoms in total. The number of nitrogens with zero attached hydrogens (tertiary/aromatic N) is 4. The number of esters is 1. The number of likely N-dealkylation sites (tertiary alicyclic amines) is 1. The maximum Gasteiger partial charge on any atom is 0.325 e. The zero-order valence-corrected chi connectivity index (χ0v) is 25.0. The average molecular weight is 566 g/mol. The zero-order valence-electron chi connectivity index (χ0n) is 25.0. The van der Waals surface area contributed by atoms with Crippen LogP contribution in [-0.4, -0.2) is 67.8 Å². The van der Waals surface area contributed by atoms with Crippen LogP contribution >= 0.6 is 0 Å². The van der Waals surface area contributed by atoms with Gasteiger partial charge in [0, 0.05) is 57.5 Å². The minimum Gasteiger partial charge on any atom is -0.464 e. The lowest BCUT2D eigenvalue weighted by atomic mass is 9.97. The monoisotopic (exact) mass is 565 g/mol. The number of pyridine rings is 1. The Morgan fingerprint density at radius 1 is 1.22 bits per heavy atom. The molecule has 2 unspecified atom stereocenters. The highest BCUT2D eigenvalue weighted by Gasteiger charge is 2.26. The van der Waals surface area contributed by atoms with E-state index in [-0.39, 0.29) is 23.3 Å². The van der Waals surface area contributed by atoms with Gasteiger partial charge in [0.1, 0.15) is 11.9 Å². The third-order valence-electron chi connectivity index (χ3n) is 7.66. The van der Waals surface area contributed by atoms with Crippen LogP contribution in [0, 0.1) is 18.8 Å². The SMILES string of the molecule is CC(=O)N1CCC[C@H](Cn2c(-c3cc(C)c(=O)n(C)c3)nc3ccc(CNC(C(=O)OCC(C)C)C(C)O)cc32)C1. The highest BCUT2D eigenvalue weighted by atomic mass is 16.5. The maximum absolute atomic E-state index is 12.6. The quantitative estimate of drug-likeness (QED) is 0.363. The van der Waals surface area contributed by atoms with E-state index >= 15 is 0 Å². The first-order valence-corrected chi connectivity index (χ1v) is 14.4. The number of ether oxygens (including phenoxy) is 1. The first kappa shape index (κ1) is 30.5. The van der Waals surface area contributed by atoms with Crippen LogP contribution < -0.4 is 10.9 Å². The predicted octanol–water partition coefficient (Wildman–Crippen LogP) is 3.01. The lowest BCUT2D eigenvalue weighted by Crippen LogP contribution is -2.45. The molecule has 1 amide bonds. The van der Waals surface area contributed by atoms with Crippen molar-refractivity contribution in [1.29, 1.82) is 0 Å². The first-order valence-electron chi connectivity index (χ1n) is 14.4. The molecule has 3 heterocycles. The van der Waals surface area contributed by atoms with E-state index in [4.69, 9.17) is 9.72 Å². The van der Waals surface area contributed by atoms with Gasteiger partial charge in [0.15, 0.2) is 0 Å². The van der Waals surface area contributed by atoms with Crippen molar-refractivity contribution in [3.8, 4) is 11.4 Å². The molecular weight excluding hydrogens is 522 g/mol. The molecule has 2 aromatic heterocycles. The molecule has 0 radical (unpaired) electrons. The number of benzene rings is 1. The van der Waals surface area contributed by atoms with E-state index in [2.05, 4.69) is 16.0 Å². The minimum absolute atomic E-state index is 0.0475. The Kier molecular flexibility index (Phi) is 9.65. The van der Waals surface area contributed by atoms with E-state index in [1.165, 1.54) is 0 Å². The molecule has 1 fully saturated rings. The van der Waals surface area contributed by atoms with E-state index < -0.39 is 18.1 Å². The van der Waals surface area contributed by atoms with Gasteiger partial charge in [-0.2, -0.15) is 0 Å². The Labute approximate surface area is 241 Å². The van der Waals surface area contributed by atoms with Crippen molar-refractivity contribution in [1.82, 2.24) is 24.3 Å². The molecule has 0 bridgehead atoms. The fourth-order valence-electron chi connectivity index (χ4n) is 5.46. The summed E-state index contributed by atoms with van der Waals surface area (Å²) in [7, 11) is 1.74.